The molecule has 2 heteroatoms. The molecule has 2 radical (unpaired) electrons. The van der Waals surface area contributed by atoms with Crippen molar-refractivity contribution in [1.82, 2.24) is 4.90 Å². The van der Waals surface area contributed by atoms with Crippen LogP contribution >= 0.6 is 7.92 Å². The number of allylic oxidation sites excluding steroid dienone is 1. The summed E-state index contributed by atoms with van der Waals surface area (Å²) >= 11 is 0. The van der Waals surface area contributed by atoms with Gasteiger partial charge in [-0.15, -0.1) is 0 Å². The molecule has 0 amide bonds. The first-order valence-electron chi connectivity index (χ1n) is 7.01. The van der Waals surface area contributed by atoms with Crippen molar-refractivity contribution in [3.05, 3.63) is 48.1 Å². The summed E-state index contributed by atoms with van der Waals surface area (Å²) in [6.45, 7) is 9.36. The molecule has 0 aromatic heterocycles. The van der Waals surface area contributed by atoms with Crippen LogP contribution in [-0.2, 0) is 6.42 Å². The van der Waals surface area contributed by atoms with Crippen LogP contribution < -0.4 is 0 Å². The Bertz CT molecular complexity index is 478. The zero-order chi connectivity index (χ0) is 14.2. The predicted octanol–water partition coefficient (Wildman–Crippen LogP) is 4.81. The average molecular weight is 273 g/mol. The summed E-state index contributed by atoms with van der Waals surface area (Å²) in [6.07, 6.45) is 0.983. The van der Waals surface area contributed by atoms with Gasteiger partial charge in [0.1, 0.15) is 0 Å². The van der Waals surface area contributed by atoms with Gasteiger partial charge in [-0.3, -0.25) is 0 Å². The Labute approximate surface area is 119 Å². The second-order valence-corrected chi connectivity index (χ2v) is 9.16. The molecule has 0 bridgehead atoms. The molecule has 1 aromatic carbocycles. The molecule has 0 N–H and O–H groups in total. The molecule has 0 aliphatic heterocycles. The van der Waals surface area contributed by atoms with Gasteiger partial charge in [0.25, 0.3) is 0 Å². The van der Waals surface area contributed by atoms with E-state index < -0.39 is 0 Å². The van der Waals surface area contributed by atoms with E-state index in [4.69, 9.17) is 7.05 Å². The molecule has 1 aromatic rings. The molecular formula is C17H24NP. The summed E-state index contributed by atoms with van der Waals surface area (Å²) in [4.78, 5) is 1.83. The van der Waals surface area contributed by atoms with Crippen molar-refractivity contribution in [3.63, 3.8) is 0 Å². The molecule has 0 fully saturated rings. The zero-order valence-corrected chi connectivity index (χ0v) is 13.5. The summed E-state index contributed by atoms with van der Waals surface area (Å²) in [7, 11) is 7.88. The highest BCUT2D eigenvalue weighted by atomic mass is 31.1. The Morgan fingerprint density at radius 2 is 1.68 bits per heavy atom. The lowest BCUT2D eigenvalue weighted by atomic mass is 10.1. The highest BCUT2D eigenvalue weighted by molar-refractivity contribution is 7.69. The minimum Gasteiger partial charge on any atom is -0.370 e. The number of hydrogen-bond acceptors (Lipinski definition) is 1. The SMILES string of the molecule is [CH]N(C)C1=C(P(C(C)C)C(C)C)c2ccccc2C1. The minimum atomic E-state index is -0.180. The van der Waals surface area contributed by atoms with Crippen LogP contribution in [0.25, 0.3) is 5.31 Å². The minimum absolute atomic E-state index is 0.180. The molecule has 0 atom stereocenters. The number of hydrogen-bond donors (Lipinski definition) is 0. The van der Waals surface area contributed by atoms with Crippen molar-refractivity contribution < 1.29 is 0 Å². The van der Waals surface area contributed by atoms with Crippen LogP contribution in [0.1, 0.15) is 38.8 Å². The molecule has 0 heterocycles. The van der Waals surface area contributed by atoms with Gasteiger partial charge < -0.3 is 4.90 Å². The number of fused-ring (bicyclic) bond motifs is 1. The van der Waals surface area contributed by atoms with Crippen LogP contribution in [0.3, 0.4) is 0 Å². The van der Waals surface area contributed by atoms with Crippen LogP contribution in [0.4, 0.5) is 0 Å². The number of benzene rings is 1. The summed E-state index contributed by atoms with van der Waals surface area (Å²) in [6, 6.07) is 8.77. The quantitative estimate of drug-likeness (QED) is 0.562. The lowest BCUT2D eigenvalue weighted by Gasteiger charge is -2.30. The monoisotopic (exact) mass is 273 g/mol. The zero-order valence-electron chi connectivity index (χ0n) is 12.6. The molecule has 0 saturated heterocycles. The van der Waals surface area contributed by atoms with E-state index in [1.165, 1.54) is 22.1 Å². The molecule has 0 unspecified atom stereocenters. The van der Waals surface area contributed by atoms with Crippen molar-refractivity contribution in [2.24, 2.45) is 0 Å². The van der Waals surface area contributed by atoms with Crippen LogP contribution in [0.15, 0.2) is 30.0 Å². The Hall–Kier alpha value is -0.810. The van der Waals surface area contributed by atoms with Gasteiger partial charge in [0.2, 0.25) is 0 Å². The van der Waals surface area contributed by atoms with Crippen LogP contribution in [0.5, 0.6) is 0 Å². The van der Waals surface area contributed by atoms with E-state index in [1.807, 2.05) is 11.9 Å². The first kappa shape index (κ1) is 14.6. The molecule has 1 aliphatic rings. The van der Waals surface area contributed by atoms with E-state index in [-0.39, 0.29) is 7.92 Å². The Balaban J connectivity index is 2.56. The van der Waals surface area contributed by atoms with E-state index in [0.29, 0.717) is 11.3 Å². The van der Waals surface area contributed by atoms with Gasteiger partial charge in [0.15, 0.2) is 0 Å². The molecule has 2 rings (SSSR count). The molecule has 19 heavy (non-hydrogen) atoms. The van der Waals surface area contributed by atoms with Gasteiger partial charge in [0, 0.05) is 24.5 Å². The largest absolute Gasteiger partial charge is 0.370 e. The van der Waals surface area contributed by atoms with Gasteiger partial charge in [0.05, 0.1) is 7.05 Å². The highest BCUT2D eigenvalue weighted by Gasteiger charge is 2.31. The molecule has 1 nitrogen and oxygen atoms in total. The van der Waals surface area contributed by atoms with Crippen molar-refractivity contribution in [3.8, 4) is 0 Å². The van der Waals surface area contributed by atoms with Crippen LogP contribution in [0, 0.1) is 7.05 Å². The van der Waals surface area contributed by atoms with E-state index in [9.17, 15) is 0 Å². The van der Waals surface area contributed by atoms with E-state index in [0.717, 1.165) is 6.42 Å². The maximum absolute atomic E-state index is 6.09. The van der Waals surface area contributed by atoms with Crippen molar-refractivity contribution in [2.75, 3.05) is 7.05 Å². The van der Waals surface area contributed by atoms with Gasteiger partial charge in [-0.25, -0.2) is 0 Å². The fourth-order valence-electron chi connectivity index (χ4n) is 3.02. The van der Waals surface area contributed by atoms with Crippen molar-refractivity contribution in [1.29, 1.82) is 0 Å². The number of rotatable bonds is 4. The summed E-state index contributed by atoms with van der Waals surface area (Å²) in [5.41, 5.74) is 5.55. The third kappa shape index (κ3) is 2.72. The van der Waals surface area contributed by atoms with Crippen LogP contribution in [0.2, 0.25) is 0 Å². The Kier molecular flexibility index (Phi) is 4.36. The molecule has 0 spiro atoms. The Morgan fingerprint density at radius 1 is 1.11 bits per heavy atom. The second-order valence-electron chi connectivity index (χ2n) is 5.83. The summed E-state index contributed by atoms with van der Waals surface area (Å²) < 4.78 is 0. The maximum atomic E-state index is 6.09. The van der Waals surface area contributed by atoms with Gasteiger partial charge >= 0.3 is 0 Å². The summed E-state index contributed by atoms with van der Waals surface area (Å²) in [5.74, 6) is 0. The highest BCUT2D eigenvalue weighted by Crippen LogP contribution is 2.61. The van der Waals surface area contributed by atoms with Crippen molar-refractivity contribution in [2.45, 2.75) is 45.4 Å². The fraction of sp³-hybridized carbons (Fsp3) is 0.471. The second kappa shape index (κ2) is 5.67. The smallest absolute Gasteiger partial charge is 0.0732 e. The molecule has 0 saturated carbocycles. The summed E-state index contributed by atoms with van der Waals surface area (Å²) in [5, 5.41) is 1.53. The fourth-order valence-corrected chi connectivity index (χ4v) is 6.27. The lowest BCUT2D eigenvalue weighted by Crippen LogP contribution is -2.12. The van der Waals surface area contributed by atoms with E-state index in [1.54, 1.807) is 0 Å². The average Bonchev–Trinajstić information content (AvgIpc) is 2.68. The van der Waals surface area contributed by atoms with Crippen LogP contribution in [-0.4, -0.2) is 23.3 Å². The number of nitrogens with zero attached hydrogens (tertiary/aromatic N) is 1. The van der Waals surface area contributed by atoms with Gasteiger partial charge in [-0.1, -0.05) is 59.9 Å². The first-order chi connectivity index (χ1) is 8.93. The third-order valence-corrected chi connectivity index (χ3v) is 6.94. The number of likely N-dealkylation sites (N-methyl/N-ethyl adjacent to an activating group) is 1. The predicted molar refractivity (Wildman–Crippen MR) is 86.3 cm³/mol. The molecular weight excluding hydrogens is 249 g/mol. The normalized spacial score (nSPS) is 14.8. The van der Waals surface area contributed by atoms with E-state index in [2.05, 4.69) is 52.0 Å². The first-order valence-corrected chi connectivity index (χ1v) is 8.49. The molecule has 102 valence electrons. The topological polar surface area (TPSA) is 3.24 Å². The van der Waals surface area contributed by atoms with Gasteiger partial charge in [-0.05, 0) is 22.4 Å². The lowest BCUT2D eigenvalue weighted by molar-refractivity contribution is 0.554. The third-order valence-electron chi connectivity index (χ3n) is 3.70. The van der Waals surface area contributed by atoms with E-state index >= 15 is 0 Å². The Morgan fingerprint density at radius 3 is 2.21 bits per heavy atom. The van der Waals surface area contributed by atoms with Gasteiger partial charge in [-0.2, -0.15) is 0 Å². The molecule has 1 aliphatic carbocycles. The van der Waals surface area contributed by atoms with Crippen molar-refractivity contribution >= 4 is 13.2 Å². The maximum Gasteiger partial charge on any atom is 0.0732 e. The standard InChI is InChI=1S/C17H24NP/c1-12(2)19(13(3)4)17-15-10-8-7-9-14(15)11-16(17)18(5)6/h5,7-10,12-13H,11H2,1-4,6H3.